The van der Waals surface area contributed by atoms with Gasteiger partial charge < -0.3 is 0 Å². The number of Topliss-reactive ketones (excluding diaryl/α,β-unsaturated/α-hetero) is 1. The maximum Gasteiger partial charge on any atom is 0.189 e. The molecule has 0 aliphatic heterocycles. The van der Waals surface area contributed by atoms with E-state index in [0.717, 1.165) is 11.1 Å². The zero-order chi connectivity index (χ0) is 10.1. The lowest BCUT2D eigenvalue weighted by Gasteiger charge is -1.91. The summed E-state index contributed by atoms with van der Waals surface area (Å²) in [6.07, 6.45) is 2.02. The first-order valence-corrected chi connectivity index (χ1v) is 4.52. The normalized spacial score (nSPS) is 17.2. The molecule has 0 atom stereocenters. The van der Waals surface area contributed by atoms with E-state index in [9.17, 15) is 9.59 Å². The van der Waals surface area contributed by atoms with E-state index in [1.54, 1.807) is 6.07 Å². The van der Waals surface area contributed by atoms with Crippen molar-refractivity contribution in [1.29, 1.82) is 0 Å². The van der Waals surface area contributed by atoms with Gasteiger partial charge in [0, 0.05) is 17.6 Å². The van der Waals surface area contributed by atoms with Crippen LogP contribution in [-0.4, -0.2) is 11.6 Å². The van der Waals surface area contributed by atoms with Crippen molar-refractivity contribution >= 4 is 11.6 Å². The summed E-state index contributed by atoms with van der Waals surface area (Å²) < 4.78 is 0. The summed E-state index contributed by atoms with van der Waals surface area (Å²) in [5.41, 5.74) is 2.36. The Kier molecular flexibility index (Phi) is 2.04. The van der Waals surface area contributed by atoms with Gasteiger partial charge in [-0.1, -0.05) is 24.3 Å². The summed E-state index contributed by atoms with van der Waals surface area (Å²) in [6.45, 7) is 1.46. The molecule has 14 heavy (non-hydrogen) atoms. The number of carbonyl (C=O) groups excluding carboxylic acids is 2. The maximum atomic E-state index is 11.7. The first kappa shape index (κ1) is 8.88. The predicted octanol–water partition coefficient (Wildman–Crippen LogP) is 1.94. The van der Waals surface area contributed by atoms with Crippen LogP contribution in [0.25, 0.3) is 0 Å². The fourth-order valence-electron chi connectivity index (χ4n) is 1.72. The second-order valence-electron chi connectivity index (χ2n) is 3.44. The third-order valence-corrected chi connectivity index (χ3v) is 2.31. The minimum absolute atomic E-state index is 0.00389. The largest absolute Gasteiger partial charge is 0.295 e. The van der Waals surface area contributed by atoms with Gasteiger partial charge in [0.2, 0.25) is 0 Å². The minimum Gasteiger partial charge on any atom is -0.295 e. The van der Waals surface area contributed by atoms with Gasteiger partial charge in [-0.15, -0.1) is 0 Å². The van der Waals surface area contributed by atoms with Gasteiger partial charge in [-0.25, -0.2) is 0 Å². The Bertz CT molecular complexity index is 441. The molecular formula is C12H10O2. The van der Waals surface area contributed by atoms with Crippen LogP contribution in [0.3, 0.4) is 0 Å². The van der Waals surface area contributed by atoms with Crippen molar-refractivity contribution in [2.24, 2.45) is 0 Å². The molecule has 0 bridgehead atoms. The molecule has 0 saturated carbocycles. The first-order chi connectivity index (χ1) is 6.68. The number of fused-ring (bicyclic) bond motifs is 1. The first-order valence-electron chi connectivity index (χ1n) is 4.52. The Hall–Kier alpha value is -1.70. The van der Waals surface area contributed by atoms with E-state index in [-0.39, 0.29) is 11.6 Å². The van der Waals surface area contributed by atoms with Crippen LogP contribution in [0.5, 0.6) is 0 Å². The summed E-state index contributed by atoms with van der Waals surface area (Å²) in [7, 11) is 0. The fourth-order valence-corrected chi connectivity index (χ4v) is 1.72. The summed E-state index contributed by atoms with van der Waals surface area (Å²) in [6, 6.07) is 7.48. The molecule has 0 unspecified atom stereocenters. The van der Waals surface area contributed by atoms with E-state index in [1.165, 1.54) is 13.0 Å². The fraction of sp³-hybridized carbons (Fsp3) is 0.167. The van der Waals surface area contributed by atoms with E-state index in [1.807, 2.05) is 18.2 Å². The zero-order valence-electron chi connectivity index (χ0n) is 7.91. The zero-order valence-corrected chi connectivity index (χ0v) is 7.91. The third kappa shape index (κ3) is 1.39. The average molecular weight is 186 g/mol. The Balaban J connectivity index is 2.44. The molecule has 1 aromatic rings. The third-order valence-electron chi connectivity index (χ3n) is 2.31. The van der Waals surface area contributed by atoms with E-state index in [0.29, 0.717) is 12.0 Å². The van der Waals surface area contributed by atoms with E-state index in [4.69, 9.17) is 0 Å². The van der Waals surface area contributed by atoms with E-state index >= 15 is 0 Å². The van der Waals surface area contributed by atoms with Gasteiger partial charge in [-0.3, -0.25) is 9.59 Å². The van der Waals surface area contributed by atoms with Crippen LogP contribution in [0.4, 0.5) is 0 Å². The summed E-state index contributed by atoms with van der Waals surface area (Å²) in [4.78, 5) is 22.6. The van der Waals surface area contributed by atoms with Gasteiger partial charge in [0.1, 0.15) is 0 Å². The molecule has 1 aromatic carbocycles. The van der Waals surface area contributed by atoms with Crippen molar-refractivity contribution in [3.8, 4) is 0 Å². The highest BCUT2D eigenvalue weighted by Crippen LogP contribution is 2.25. The SMILES string of the molecule is CC(=O)C=C1Cc2ccccc2C1=O. The molecule has 0 aromatic heterocycles. The van der Waals surface area contributed by atoms with Crippen LogP contribution in [0.1, 0.15) is 22.8 Å². The summed E-state index contributed by atoms with van der Waals surface area (Å²) in [5.74, 6) is -0.0723. The maximum absolute atomic E-state index is 11.7. The van der Waals surface area contributed by atoms with E-state index in [2.05, 4.69) is 0 Å². The van der Waals surface area contributed by atoms with Gasteiger partial charge in [0.25, 0.3) is 0 Å². The van der Waals surface area contributed by atoms with Crippen LogP contribution < -0.4 is 0 Å². The number of benzene rings is 1. The summed E-state index contributed by atoms with van der Waals surface area (Å²) in [5, 5.41) is 0. The van der Waals surface area contributed by atoms with Gasteiger partial charge >= 0.3 is 0 Å². The number of carbonyl (C=O) groups is 2. The summed E-state index contributed by atoms with van der Waals surface area (Å²) >= 11 is 0. The number of hydrogen-bond donors (Lipinski definition) is 0. The molecule has 2 heteroatoms. The molecule has 0 fully saturated rings. The van der Waals surface area contributed by atoms with Crippen LogP contribution in [0.15, 0.2) is 35.9 Å². The molecule has 0 radical (unpaired) electrons. The standard InChI is InChI=1S/C12H10O2/c1-8(13)6-10-7-9-4-2-3-5-11(9)12(10)14/h2-6H,7H2,1H3. The predicted molar refractivity (Wildman–Crippen MR) is 53.2 cm³/mol. The highest BCUT2D eigenvalue weighted by atomic mass is 16.1. The Morgan fingerprint density at radius 3 is 2.71 bits per heavy atom. The van der Waals surface area contributed by atoms with Crippen LogP contribution in [0.2, 0.25) is 0 Å². The van der Waals surface area contributed by atoms with Gasteiger partial charge in [0.05, 0.1) is 0 Å². The van der Waals surface area contributed by atoms with Crippen LogP contribution in [0, 0.1) is 0 Å². The molecule has 2 nitrogen and oxygen atoms in total. The minimum atomic E-state index is -0.0684. The highest BCUT2D eigenvalue weighted by Gasteiger charge is 2.23. The Morgan fingerprint density at radius 2 is 2.07 bits per heavy atom. The number of rotatable bonds is 1. The molecule has 70 valence electrons. The second-order valence-corrected chi connectivity index (χ2v) is 3.44. The Labute approximate surface area is 82.2 Å². The molecule has 2 rings (SSSR count). The molecule has 1 aliphatic rings. The lowest BCUT2D eigenvalue weighted by molar-refractivity contribution is -0.112. The molecule has 0 N–H and O–H groups in total. The van der Waals surface area contributed by atoms with Crippen molar-refractivity contribution < 1.29 is 9.59 Å². The van der Waals surface area contributed by atoms with Crippen molar-refractivity contribution in [2.75, 3.05) is 0 Å². The number of hydrogen-bond acceptors (Lipinski definition) is 2. The van der Waals surface area contributed by atoms with Gasteiger partial charge in [0.15, 0.2) is 11.6 Å². The number of ketones is 2. The smallest absolute Gasteiger partial charge is 0.189 e. The highest BCUT2D eigenvalue weighted by molar-refractivity contribution is 6.15. The molecule has 0 saturated heterocycles. The van der Waals surface area contributed by atoms with Crippen molar-refractivity contribution in [1.82, 2.24) is 0 Å². The van der Waals surface area contributed by atoms with E-state index < -0.39 is 0 Å². The van der Waals surface area contributed by atoms with Crippen LogP contribution >= 0.6 is 0 Å². The van der Waals surface area contributed by atoms with Gasteiger partial charge in [-0.2, -0.15) is 0 Å². The molecule has 1 aliphatic carbocycles. The second kappa shape index (κ2) is 3.22. The molecule has 0 spiro atoms. The van der Waals surface area contributed by atoms with Gasteiger partial charge in [-0.05, 0) is 18.6 Å². The van der Waals surface area contributed by atoms with Crippen molar-refractivity contribution in [2.45, 2.75) is 13.3 Å². The van der Waals surface area contributed by atoms with Crippen molar-refractivity contribution in [3.05, 3.63) is 47.0 Å². The lowest BCUT2D eigenvalue weighted by Crippen LogP contribution is -1.97. The lowest BCUT2D eigenvalue weighted by atomic mass is 10.1. The molecule has 0 amide bonds. The molecule has 0 heterocycles. The number of allylic oxidation sites excluding steroid dienone is 2. The van der Waals surface area contributed by atoms with Crippen molar-refractivity contribution in [3.63, 3.8) is 0 Å². The quantitative estimate of drug-likeness (QED) is 0.628. The Morgan fingerprint density at radius 1 is 1.36 bits per heavy atom. The monoisotopic (exact) mass is 186 g/mol. The van der Waals surface area contributed by atoms with Crippen LogP contribution in [-0.2, 0) is 11.2 Å². The average Bonchev–Trinajstić information content (AvgIpc) is 2.44. The molecular weight excluding hydrogens is 176 g/mol. The topological polar surface area (TPSA) is 34.1 Å².